The van der Waals surface area contributed by atoms with Crippen LogP contribution in [0.15, 0.2) is 0 Å². The highest BCUT2D eigenvalue weighted by Crippen LogP contribution is 2.32. The molecule has 0 aromatic heterocycles. The number of aliphatic hydroxyl groups is 6. The molecule has 0 spiro atoms. The quantitative estimate of drug-likeness (QED) is 0.115. The number of hydrogen-bond acceptors (Lipinski definition) is 18. The molecule has 2 saturated heterocycles. The Labute approximate surface area is 253 Å². The molecule has 0 radical (unpaired) electrons. The van der Waals surface area contributed by atoms with Crippen molar-refractivity contribution in [1.82, 2.24) is 5.32 Å². The fourth-order valence-electron chi connectivity index (χ4n) is 4.95. The summed E-state index contributed by atoms with van der Waals surface area (Å²) in [6, 6.07) is -3.47. The molecule has 2 heterocycles. The lowest BCUT2D eigenvalue weighted by Crippen LogP contribution is -2.69. The maximum Gasteiger partial charge on any atom is 0.394 e. The summed E-state index contributed by atoms with van der Waals surface area (Å²) in [5.74, 6) is 0. The third-order valence-corrected chi connectivity index (χ3v) is 6.95. The van der Waals surface area contributed by atoms with E-state index < -0.39 is 112 Å². The largest absolute Gasteiger partial charge is 0.394 e. The molecular weight excluding hydrogens is 648 g/mol. The maximum atomic E-state index is 11.1. The van der Waals surface area contributed by atoms with Gasteiger partial charge in [-0.05, 0) is 27.3 Å². The normalized spacial score (nSPS) is 44.0. The van der Waals surface area contributed by atoms with Gasteiger partial charge in [0, 0.05) is 12.1 Å². The van der Waals surface area contributed by atoms with Crippen molar-refractivity contribution in [3.8, 4) is 0 Å². The smallest absolute Gasteiger partial charge is 0.391 e. The number of rotatable bonds is 6. The van der Waals surface area contributed by atoms with Crippen LogP contribution >= 0.6 is 0 Å². The molecular formula is C20H44N4O18S2. The topological polar surface area (TPSA) is 398 Å². The van der Waals surface area contributed by atoms with Crippen molar-refractivity contribution in [1.29, 1.82) is 0 Å². The van der Waals surface area contributed by atoms with Gasteiger partial charge < -0.3 is 72.1 Å². The van der Waals surface area contributed by atoms with Crippen LogP contribution in [0.4, 0.5) is 0 Å². The van der Waals surface area contributed by atoms with Gasteiger partial charge in [0.2, 0.25) is 0 Å². The molecule has 0 bridgehead atoms. The number of likely N-dealkylation sites (N-methyl/N-ethyl adjacent to an activating group) is 1. The van der Waals surface area contributed by atoms with Crippen LogP contribution in [-0.2, 0) is 39.7 Å². The summed E-state index contributed by atoms with van der Waals surface area (Å²) in [6.07, 6.45) is -12.4. The van der Waals surface area contributed by atoms with Gasteiger partial charge >= 0.3 is 20.8 Å². The lowest BCUT2D eigenvalue weighted by molar-refractivity contribution is -0.319. The molecule has 0 amide bonds. The van der Waals surface area contributed by atoms with Crippen molar-refractivity contribution in [2.24, 2.45) is 17.2 Å². The molecule has 3 aliphatic rings. The van der Waals surface area contributed by atoms with Gasteiger partial charge in [-0.1, -0.05) is 0 Å². The molecule has 1 unspecified atom stereocenters. The van der Waals surface area contributed by atoms with Crippen LogP contribution in [0.5, 0.6) is 0 Å². The average molecular weight is 693 g/mol. The summed E-state index contributed by atoms with van der Waals surface area (Å²) in [5.41, 5.74) is 17.0. The van der Waals surface area contributed by atoms with Crippen LogP contribution in [0, 0.1) is 0 Å². The molecule has 0 aromatic carbocycles. The van der Waals surface area contributed by atoms with Crippen molar-refractivity contribution < 1.29 is 84.6 Å². The highest BCUT2D eigenvalue weighted by molar-refractivity contribution is 7.80. The minimum atomic E-state index is -4.67. The maximum absolute atomic E-state index is 11.1. The van der Waals surface area contributed by atoms with E-state index in [9.17, 15) is 30.6 Å². The molecule has 22 nitrogen and oxygen atoms in total. The Bertz CT molecular complexity index is 1050. The predicted octanol–water partition coefficient (Wildman–Crippen LogP) is -6.92. The molecule has 3 rings (SSSR count). The molecule has 17 N–H and O–H groups in total. The van der Waals surface area contributed by atoms with Gasteiger partial charge in [-0.3, -0.25) is 18.2 Å². The van der Waals surface area contributed by atoms with Crippen molar-refractivity contribution in [2.75, 3.05) is 13.7 Å². The first-order valence-electron chi connectivity index (χ1n) is 12.8. The van der Waals surface area contributed by atoms with Gasteiger partial charge in [-0.15, -0.1) is 0 Å². The van der Waals surface area contributed by atoms with Crippen LogP contribution in [0.25, 0.3) is 0 Å². The minimum Gasteiger partial charge on any atom is -0.391 e. The third kappa shape index (κ3) is 12.4. The number of nitrogens with one attached hydrogen (secondary N) is 1. The highest BCUT2D eigenvalue weighted by Gasteiger charge is 2.52. The lowest BCUT2D eigenvalue weighted by atomic mass is 9.84. The van der Waals surface area contributed by atoms with Gasteiger partial charge in [-0.2, -0.15) is 16.8 Å². The van der Waals surface area contributed by atoms with E-state index in [4.69, 9.17) is 71.2 Å². The molecule has 264 valence electrons. The van der Waals surface area contributed by atoms with Crippen LogP contribution in [0.1, 0.15) is 20.3 Å². The van der Waals surface area contributed by atoms with Crippen LogP contribution in [0.3, 0.4) is 0 Å². The van der Waals surface area contributed by atoms with Crippen molar-refractivity contribution in [3.05, 3.63) is 0 Å². The Morgan fingerprint density at radius 1 is 0.841 bits per heavy atom. The first-order valence-corrected chi connectivity index (χ1v) is 15.6. The third-order valence-electron chi connectivity index (χ3n) is 6.95. The molecule has 3 fully saturated rings. The van der Waals surface area contributed by atoms with Gasteiger partial charge in [0.05, 0.1) is 24.8 Å². The molecule has 1 aliphatic carbocycles. The second-order valence-corrected chi connectivity index (χ2v) is 12.5. The predicted molar refractivity (Wildman–Crippen MR) is 144 cm³/mol. The first kappa shape index (κ1) is 41.2. The van der Waals surface area contributed by atoms with E-state index in [0.29, 0.717) is 0 Å². The summed E-state index contributed by atoms with van der Waals surface area (Å²) < 4.78 is 85.9. The van der Waals surface area contributed by atoms with Gasteiger partial charge in [0.15, 0.2) is 12.6 Å². The summed E-state index contributed by atoms with van der Waals surface area (Å²) in [6.45, 7) is 2.75. The average Bonchev–Trinajstić information content (AvgIpc) is 2.83. The van der Waals surface area contributed by atoms with E-state index >= 15 is 0 Å². The van der Waals surface area contributed by atoms with Crippen molar-refractivity contribution in [2.45, 2.75) is 111 Å². The van der Waals surface area contributed by atoms with E-state index in [2.05, 4.69) is 5.32 Å². The Balaban J connectivity index is 0.000000837. The lowest BCUT2D eigenvalue weighted by Gasteiger charge is -2.49. The van der Waals surface area contributed by atoms with E-state index in [1.807, 2.05) is 0 Å². The summed E-state index contributed by atoms with van der Waals surface area (Å²) in [7, 11) is -7.76. The van der Waals surface area contributed by atoms with Crippen LogP contribution < -0.4 is 22.5 Å². The molecule has 2 aliphatic heterocycles. The fourth-order valence-corrected chi connectivity index (χ4v) is 4.95. The minimum absolute atomic E-state index is 0.135. The highest BCUT2D eigenvalue weighted by atomic mass is 32.3. The summed E-state index contributed by atoms with van der Waals surface area (Å²) in [4.78, 5) is 0. The van der Waals surface area contributed by atoms with Gasteiger partial charge in [0.1, 0.15) is 48.3 Å². The standard InChI is InChI=1S/C20H40N4O10.2H2O4S/c1-6(25)14-11(27)10(26)9(23)18(32-14)33-15-7(21)4-8(22)16(12(15)28)34-19-13(29)17(24-3)20(2,30)5-31-19;2*1-5(2,3)4/h6-19,24-30H,4-5,21-23H2,1-3H3;2*(H2,1,2,3,4)/t6?,7-,8+,9+,10+,11-,12+,13+,14+,15+,16-,17+,18+,19+,20-;;/m0../s1. The first-order chi connectivity index (χ1) is 19.8. The molecule has 0 aromatic rings. The Kier molecular flexibility index (Phi) is 15.3. The second kappa shape index (κ2) is 16.3. The zero-order valence-electron chi connectivity index (χ0n) is 23.8. The van der Waals surface area contributed by atoms with Gasteiger partial charge in [-0.25, -0.2) is 0 Å². The second-order valence-electron chi connectivity index (χ2n) is 10.7. The molecule has 44 heavy (non-hydrogen) atoms. The number of nitrogens with two attached hydrogens (primary N) is 3. The van der Waals surface area contributed by atoms with Gasteiger partial charge in [0.25, 0.3) is 0 Å². The Hall–Kier alpha value is -0.820. The number of hydrogen-bond donors (Lipinski definition) is 14. The van der Waals surface area contributed by atoms with E-state index in [1.54, 1.807) is 7.05 Å². The number of ether oxygens (including phenoxy) is 4. The molecule has 1 saturated carbocycles. The Morgan fingerprint density at radius 3 is 1.68 bits per heavy atom. The zero-order chi connectivity index (χ0) is 34.5. The molecule has 24 heteroatoms. The van der Waals surface area contributed by atoms with E-state index in [0.717, 1.165) is 0 Å². The van der Waals surface area contributed by atoms with E-state index in [-0.39, 0.29) is 13.0 Å². The van der Waals surface area contributed by atoms with Crippen LogP contribution in [0.2, 0.25) is 0 Å². The summed E-state index contributed by atoms with van der Waals surface area (Å²) >= 11 is 0. The van der Waals surface area contributed by atoms with Crippen molar-refractivity contribution in [3.63, 3.8) is 0 Å². The number of aliphatic hydroxyl groups excluding tert-OH is 5. The molecule has 15 atom stereocenters. The van der Waals surface area contributed by atoms with Crippen molar-refractivity contribution >= 4 is 20.8 Å². The summed E-state index contributed by atoms with van der Waals surface area (Å²) in [5, 5.41) is 65.2. The Morgan fingerprint density at radius 2 is 1.27 bits per heavy atom. The SMILES string of the molecule is CN[C@@H]1[C@@H](O)[C@@H](O[C@@H]2[C@H](O)[C@H](O[C@H]3O[C@H](C(C)O)[C@@H](O)[C@H](O)[C@H]3N)[C@@H](N)C[C@H]2N)OC[C@]1(C)O.O=S(=O)(O)O.O=S(=O)(O)O. The zero-order valence-corrected chi connectivity index (χ0v) is 25.4. The monoisotopic (exact) mass is 692 g/mol. The van der Waals surface area contributed by atoms with E-state index in [1.165, 1.54) is 13.8 Å². The fraction of sp³-hybridized carbons (Fsp3) is 1.00. The van der Waals surface area contributed by atoms with Crippen LogP contribution in [-0.4, -0.2) is 171 Å².